The Bertz CT molecular complexity index is 1040. The first kappa shape index (κ1) is 19.6. The molecule has 4 rings (SSSR count). The van der Waals surface area contributed by atoms with Crippen LogP contribution < -0.4 is 0 Å². The number of aromatic nitrogens is 2. The lowest BCUT2D eigenvalue weighted by Gasteiger charge is -2.21. The summed E-state index contributed by atoms with van der Waals surface area (Å²) in [5.41, 5.74) is 3.12. The van der Waals surface area contributed by atoms with E-state index in [0.29, 0.717) is 18.1 Å². The predicted octanol–water partition coefficient (Wildman–Crippen LogP) is 4.92. The molecule has 5 heteroatoms. The van der Waals surface area contributed by atoms with Crippen molar-refractivity contribution in [2.75, 3.05) is 7.05 Å². The summed E-state index contributed by atoms with van der Waals surface area (Å²) in [6, 6.07) is 29.9. The molecule has 3 aromatic carbocycles. The normalized spacial score (nSPS) is 10.9. The van der Waals surface area contributed by atoms with Gasteiger partial charge in [0, 0.05) is 24.9 Å². The fourth-order valence-corrected chi connectivity index (χ4v) is 3.44. The Labute approximate surface area is 176 Å². The van der Waals surface area contributed by atoms with Crippen molar-refractivity contribution in [1.29, 1.82) is 0 Å². The van der Waals surface area contributed by atoms with Gasteiger partial charge in [0.15, 0.2) is 0 Å². The smallest absolute Gasteiger partial charge is 0.246 e. The third-order valence-corrected chi connectivity index (χ3v) is 5.08. The predicted molar refractivity (Wildman–Crippen MR) is 116 cm³/mol. The van der Waals surface area contributed by atoms with E-state index < -0.39 is 0 Å². The quantitative estimate of drug-likeness (QED) is 0.444. The molecule has 1 heterocycles. The van der Waals surface area contributed by atoms with Gasteiger partial charge in [0.2, 0.25) is 17.6 Å². The van der Waals surface area contributed by atoms with Gasteiger partial charge in [-0.2, -0.15) is 4.98 Å². The van der Waals surface area contributed by atoms with Gasteiger partial charge in [-0.15, -0.1) is 0 Å². The Hall–Kier alpha value is -3.73. The monoisotopic (exact) mass is 397 g/mol. The van der Waals surface area contributed by atoms with E-state index in [4.69, 9.17) is 4.52 Å². The first-order chi connectivity index (χ1) is 14.7. The molecule has 0 aliphatic carbocycles. The minimum Gasteiger partial charge on any atom is -0.337 e. The van der Waals surface area contributed by atoms with E-state index >= 15 is 0 Å². The highest BCUT2D eigenvalue weighted by atomic mass is 16.5. The Morgan fingerprint density at radius 3 is 1.97 bits per heavy atom. The molecule has 150 valence electrons. The van der Waals surface area contributed by atoms with Crippen LogP contribution in [0.1, 0.15) is 29.4 Å². The van der Waals surface area contributed by atoms with Gasteiger partial charge in [0.05, 0.1) is 6.54 Å². The Morgan fingerprint density at radius 1 is 0.867 bits per heavy atom. The van der Waals surface area contributed by atoms with Crippen molar-refractivity contribution in [3.05, 3.63) is 108 Å². The fraction of sp³-hybridized carbons (Fsp3) is 0.160. The average molecular weight is 397 g/mol. The zero-order valence-corrected chi connectivity index (χ0v) is 16.8. The molecule has 0 aliphatic rings. The molecule has 0 fully saturated rings. The molecule has 0 spiro atoms. The SMILES string of the molecule is CN(Cc1nc(-c2ccccc2)no1)C(=O)CC(c1ccccc1)c1ccccc1. The van der Waals surface area contributed by atoms with E-state index in [1.165, 1.54) is 0 Å². The second-order valence-electron chi connectivity index (χ2n) is 7.21. The van der Waals surface area contributed by atoms with Gasteiger partial charge in [0.1, 0.15) is 0 Å². The molecule has 1 amide bonds. The molecule has 0 aliphatic heterocycles. The Balaban J connectivity index is 1.47. The number of amides is 1. The van der Waals surface area contributed by atoms with Gasteiger partial charge >= 0.3 is 0 Å². The van der Waals surface area contributed by atoms with Gasteiger partial charge in [0.25, 0.3) is 0 Å². The number of hydrogen-bond donors (Lipinski definition) is 0. The summed E-state index contributed by atoms with van der Waals surface area (Å²) in [6.07, 6.45) is 0.365. The summed E-state index contributed by atoms with van der Waals surface area (Å²) >= 11 is 0. The topological polar surface area (TPSA) is 59.2 Å². The molecule has 0 saturated carbocycles. The van der Waals surface area contributed by atoms with Crippen LogP contribution in [0.3, 0.4) is 0 Å². The van der Waals surface area contributed by atoms with Crippen LogP contribution in [-0.4, -0.2) is 28.0 Å². The average Bonchev–Trinajstić information content (AvgIpc) is 3.27. The minimum absolute atomic E-state index is 0.00934. The standard InChI is InChI=1S/C25H23N3O2/c1-28(18-23-26-25(27-30-23)21-15-9-4-10-16-21)24(29)17-22(19-11-5-2-6-12-19)20-13-7-3-8-14-20/h2-16,22H,17-18H2,1H3. The van der Waals surface area contributed by atoms with Crippen LogP contribution in [0.15, 0.2) is 95.5 Å². The molecule has 0 N–H and O–H groups in total. The van der Waals surface area contributed by atoms with Crippen LogP contribution in [-0.2, 0) is 11.3 Å². The number of carbonyl (C=O) groups is 1. The van der Waals surface area contributed by atoms with Crippen molar-refractivity contribution in [3.8, 4) is 11.4 Å². The third-order valence-electron chi connectivity index (χ3n) is 5.08. The van der Waals surface area contributed by atoms with E-state index in [-0.39, 0.29) is 18.4 Å². The molecule has 5 nitrogen and oxygen atoms in total. The van der Waals surface area contributed by atoms with E-state index in [1.54, 1.807) is 11.9 Å². The van der Waals surface area contributed by atoms with Crippen LogP contribution in [0.2, 0.25) is 0 Å². The van der Waals surface area contributed by atoms with Crippen molar-refractivity contribution in [3.63, 3.8) is 0 Å². The van der Waals surface area contributed by atoms with E-state index in [2.05, 4.69) is 34.4 Å². The summed E-state index contributed by atoms with van der Waals surface area (Å²) in [7, 11) is 1.77. The first-order valence-electron chi connectivity index (χ1n) is 9.92. The Kier molecular flexibility index (Phi) is 5.99. The van der Waals surface area contributed by atoms with E-state index in [9.17, 15) is 4.79 Å². The highest BCUT2D eigenvalue weighted by Crippen LogP contribution is 2.28. The lowest BCUT2D eigenvalue weighted by molar-refractivity contribution is -0.131. The third kappa shape index (κ3) is 4.63. The van der Waals surface area contributed by atoms with Crippen LogP contribution >= 0.6 is 0 Å². The van der Waals surface area contributed by atoms with Gasteiger partial charge in [-0.1, -0.05) is 96.2 Å². The summed E-state index contributed by atoms with van der Waals surface area (Å²) in [5, 5.41) is 4.03. The van der Waals surface area contributed by atoms with Crippen LogP contribution in [0, 0.1) is 0 Å². The molecule has 0 radical (unpaired) electrons. The highest BCUT2D eigenvalue weighted by Gasteiger charge is 2.21. The molecular formula is C25H23N3O2. The molecule has 0 saturated heterocycles. The highest BCUT2D eigenvalue weighted by molar-refractivity contribution is 5.77. The van der Waals surface area contributed by atoms with E-state index in [0.717, 1.165) is 16.7 Å². The number of carbonyl (C=O) groups excluding carboxylic acids is 1. The number of hydrogen-bond acceptors (Lipinski definition) is 4. The summed E-state index contributed by atoms with van der Waals surface area (Å²) in [4.78, 5) is 19.1. The molecule has 1 aromatic heterocycles. The molecule has 0 bridgehead atoms. The fourth-order valence-electron chi connectivity index (χ4n) is 3.44. The molecule has 4 aromatic rings. The molecule has 0 atom stereocenters. The number of benzene rings is 3. The first-order valence-corrected chi connectivity index (χ1v) is 9.92. The largest absolute Gasteiger partial charge is 0.337 e. The summed E-state index contributed by atoms with van der Waals surface area (Å²) in [5.74, 6) is 0.954. The van der Waals surface area contributed by atoms with Crippen molar-refractivity contribution in [2.24, 2.45) is 0 Å². The van der Waals surface area contributed by atoms with Crippen LogP contribution in [0.4, 0.5) is 0 Å². The lowest BCUT2D eigenvalue weighted by Crippen LogP contribution is -2.28. The summed E-state index contributed by atoms with van der Waals surface area (Å²) < 4.78 is 5.36. The Morgan fingerprint density at radius 2 is 1.40 bits per heavy atom. The van der Waals surface area contributed by atoms with Crippen molar-refractivity contribution in [1.82, 2.24) is 15.0 Å². The van der Waals surface area contributed by atoms with E-state index in [1.807, 2.05) is 66.7 Å². The van der Waals surface area contributed by atoms with Crippen molar-refractivity contribution >= 4 is 5.91 Å². The van der Waals surface area contributed by atoms with Crippen molar-refractivity contribution < 1.29 is 9.32 Å². The van der Waals surface area contributed by atoms with Crippen LogP contribution in [0.25, 0.3) is 11.4 Å². The maximum Gasteiger partial charge on any atom is 0.246 e. The second-order valence-corrected chi connectivity index (χ2v) is 7.21. The number of rotatable bonds is 7. The minimum atomic E-state index is -0.00934. The van der Waals surface area contributed by atoms with Gasteiger partial charge in [-0.25, -0.2) is 0 Å². The summed E-state index contributed by atoms with van der Waals surface area (Å²) in [6.45, 7) is 0.273. The van der Waals surface area contributed by atoms with Crippen molar-refractivity contribution in [2.45, 2.75) is 18.9 Å². The van der Waals surface area contributed by atoms with Gasteiger partial charge in [-0.3, -0.25) is 4.79 Å². The van der Waals surface area contributed by atoms with Crippen LogP contribution in [0.5, 0.6) is 0 Å². The second kappa shape index (κ2) is 9.18. The lowest BCUT2D eigenvalue weighted by atomic mass is 9.88. The zero-order valence-electron chi connectivity index (χ0n) is 16.8. The molecule has 0 unspecified atom stereocenters. The van der Waals surface area contributed by atoms with Gasteiger partial charge in [-0.05, 0) is 11.1 Å². The molecular weight excluding hydrogens is 374 g/mol. The maximum absolute atomic E-state index is 13.0. The number of nitrogens with zero attached hydrogens (tertiary/aromatic N) is 3. The maximum atomic E-state index is 13.0. The van der Waals surface area contributed by atoms with Gasteiger partial charge < -0.3 is 9.42 Å². The molecule has 30 heavy (non-hydrogen) atoms. The zero-order chi connectivity index (χ0) is 20.8.